The molecule has 0 radical (unpaired) electrons. The highest BCUT2D eigenvalue weighted by Gasteiger charge is 2.49. The van der Waals surface area contributed by atoms with Gasteiger partial charge in [-0.1, -0.05) is 19.9 Å². The fourth-order valence-electron chi connectivity index (χ4n) is 3.63. The first-order valence-corrected chi connectivity index (χ1v) is 10.1. The second kappa shape index (κ2) is 8.09. The van der Waals surface area contributed by atoms with E-state index in [1.807, 2.05) is 12.1 Å². The number of benzene rings is 1. The van der Waals surface area contributed by atoms with E-state index in [9.17, 15) is 9.59 Å². The molecule has 0 spiro atoms. The molecular weight excluding hydrogens is 360 g/mol. The third-order valence-corrected chi connectivity index (χ3v) is 5.33. The third-order valence-electron chi connectivity index (χ3n) is 5.33. The summed E-state index contributed by atoms with van der Waals surface area (Å²) in [6.07, 6.45) is 1.47. The maximum atomic E-state index is 12.7. The highest BCUT2D eigenvalue weighted by Crippen LogP contribution is 2.31. The van der Waals surface area contributed by atoms with Crippen LogP contribution in [0.3, 0.4) is 0 Å². The van der Waals surface area contributed by atoms with Gasteiger partial charge in [0, 0.05) is 11.5 Å². The Kier molecular flexibility index (Phi) is 5.55. The fourth-order valence-corrected chi connectivity index (χ4v) is 3.63. The summed E-state index contributed by atoms with van der Waals surface area (Å²) >= 11 is 0. The molecule has 2 aliphatic heterocycles. The van der Waals surface area contributed by atoms with Crippen molar-refractivity contribution in [2.45, 2.75) is 51.0 Å². The van der Waals surface area contributed by atoms with Crippen LogP contribution in [0.2, 0.25) is 0 Å². The van der Waals surface area contributed by atoms with Crippen LogP contribution in [0.4, 0.5) is 0 Å². The molecule has 2 heterocycles. The predicted octanol–water partition coefficient (Wildman–Crippen LogP) is 1.51. The van der Waals surface area contributed by atoms with E-state index in [2.05, 4.69) is 24.5 Å². The van der Waals surface area contributed by atoms with Gasteiger partial charge in [-0.05, 0) is 37.0 Å². The minimum atomic E-state index is -0.242. The quantitative estimate of drug-likeness (QED) is 0.740. The first-order valence-electron chi connectivity index (χ1n) is 10.1. The van der Waals surface area contributed by atoms with Gasteiger partial charge in [-0.15, -0.1) is 0 Å². The molecule has 2 saturated heterocycles. The standard InChI is InChI=1S/C21H28N2O5/c1-12(2)9-26-15-5-3-4-14(8-15)21(25)23-17-11-28-18-16(10-27-19(17)18)22-20(24)13-6-7-13/h3-5,8,12-13,16-19H,6-7,9-11H2,1-2H3,(H,22,24)(H,23,25)/t16-,17-,18+,19+/m0/s1. The molecule has 7 heteroatoms. The number of ether oxygens (including phenoxy) is 3. The van der Waals surface area contributed by atoms with Gasteiger partial charge in [0.2, 0.25) is 5.91 Å². The van der Waals surface area contributed by atoms with E-state index in [0.29, 0.717) is 37.1 Å². The van der Waals surface area contributed by atoms with Gasteiger partial charge in [-0.25, -0.2) is 0 Å². The lowest BCUT2D eigenvalue weighted by molar-refractivity contribution is -0.123. The second-order valence-corrected chi connectivity index (χ2v) is 8.30. The molecule has 0 unspecified atom stereocenters. The van der Waals surface area contributed by atoms with Crippen molar-refractivity contribution >= 4 is 11.8 Å². The molecule has 1 aromatic carbocycles. The van der Waals surface area contributed by atoms with E-state index < -0.39 is 0 Å². The summed E-state index contributed by atoms with van der Waals surface area (Å²) in [7, 11) is 0. The van der Waals surface area contributed by atoms with E-state index in [4.69, 9.17) is 14.2 Å². The van der Waals surface area contributed by atoms with Crippen LogP contribution in [-0.2, 0) is 14.3 Å². The number of rotatable bonds is 7. The molecular formula is C21H28N2O5. The van der Waals surface area contributed by atoms with E-state index in [0.717, 1.165) is 12.8 Å². The molecule has 1 aromatic rings. The van der Waals surface area contributed by atoms with Crippen LogP contribution in [0.1, 0.15) is 37.0 Å². The Morgan fingerprint density at radius 1 is 1.11 bits per heavy atom. The van der Waals surface area contributed by atoms with Crippen molar-refractivity contribution in [1.29, 1.82) is 0 Å². The topological polar surface area (TPSA) is 85.9 Å². The molecule has 0 bridgehead atoms. The van der Waals surface area contributed by atoms with Crippen LogP contribution < -0.4 is 15.4 Å². The zero-order valence-electron chi connectivity index (χ0n) is 16.4. The second-order valence-electron chi connectivity index (χ2n) is 8.30. The number of nitrogens with one attached hydrogen (secondary N) is 2. The van der Waals surface area contributed by atoms with E-state index in [1.165, 1.54) is 0 Å². The number of carbonyl (C=O) groups excluding carboxylic acids is 2. The summed E-state index contributed by atoms with van der Waals surface area (Å²) in [5, 5.41) is 6.04. The molecule has 4 atom stereocenters. The molecule has 28 heavy (non-hydrogen) atoms. The fraction of sp³-hybridized carbons (Fsp3) is 0.619. The Morgan fingerprint density at radius 2 is 1.79 bits per heavy atom. The molecule has 7 nitrogen and oxygen atoms in total. The van der Waals surface area contributed by atoms with Crippen LogP contribution >= 0.6 is 0 Å². The highest BCUT2D eigenvalue weighted by molar-refractivity contribution is 5.94. The molecule has 3 fully saturated rings. The SMILES string of the molecule is CC(C)COc1cccc(C(=O)N[C@H]2CO[C@H]3[C@@H]2OC[C@@H]3NC(=O)C2CC2)c1. The largest absolute Gasteiger partial charge is 0.493 e. The number of hydrogen-bond donors (Lipinski definition) is 2. The third kappa shape index (κ3) is 4.31. The summed E-state index contributed by atoms with van der Waals surface area (Å²) in [5.41, 5.74) is 0.543. The van der Waals surface area contributed by atoms with Crippen LogP contribution in [0.15, 0.2) is 24.3 Å². The van der Waals surface area contributed by atoms with Crippen molar-refractivity contribution < 1.29 is 23.8 Å². The van der Waals surface area contributed by atoms with Crippen molar-refractivity contribution in [3.05, 3.63) is 29.8 Å². The van der Waals surface area contributed by atoms with Crippen molar-refractivity contribution in [1.82, 2.24) is 10.6 Å². The van der Waals surface area contributed by atoms with Gasteiger partial charge in [0.1, 0.15) is 18.0 Å². The van der Waals surface area contributed by atoms with Gasteiger partial charge < -0.3 is 24.8 Å². The summed E-state index contributed by atoms with van der Waals surface area (Å²) in [6, 6.07) is 6.79. The minimum absolute atomic E-state index is 0.0866. The monoisotopic (exact) mass is 388 g/mol. The Hall–Kier alpha value is -2.12. The minimum Gasteiger partial charge on any atom is -0.493 e. The molecule has 2 N–H and O–H groups in total. The predicted molar refractivity (Wildman–Crippen MR) is 102 cm³/mol. The number of carbonyl (C=O) groups is 2. The smallest absolute Gasteiger partial charge is 0.251 e. The molecule has 152 valence electrons. The Labute approximate surface area is 165 Å². The molecule has 1 aliphatic carbocycles. The zero-order valence-corrected chi connectivity index (χ0v) is 16.4. The van der Waals surface area contributed by atoms with Crippen molar-refractivity contribution in [2.75, 3.05) is 19.8 Å². The average Bonchev–Trinajstić information content (AvgIpc) is 3.36. The number of fused-ring (bicyclic) bond motifs is 1. The van der Waals surface area contributed by atoms with Crippen molar-refractivity contribution in [2.24, 2.45) is 11.8 Å². The molecule has 1 saturated carbocycles. The van der Waals surface area contributed by atoms with E-state index >= 15 is 0 Å². The lowest BCUT2D eigenvalue weighted by Gasteiger charge is -2.18. The summed E-state index contributed by atoms with van der Waals surface area (Å²) in [6.45, 7) is 5.55. The van der Waals surface area contributed by atoms with Crippen LogP contribution in [0.5, 0.6) is 5.75 Å². The highest BCUT2D eigenvalue weighted by atomic mass is 16.6. The summed E-state index contributed by atoms with van der Waals surface area (Å²) in [5.74, 6) is 1.16. The lowest BCUT2D eigenvalue weighted by atomic mass is 10.1. The molecule has 0 aromatic heterocycles. The van der Waals surface area contributed by atoms with Crippen LogP contribution in [-0.4, -0.2) is 55.9 Å². The van der Waals surface area contributed by atoms with Gasteiger partial charge >= 0.3 is 0 Å². The molecule has 4 rings (SSSR count). The van der Waals surface area contributed by atoms with Gasteiger partial charge in [-0.3, -0.25) is 9.59 Å². The molecule has 3 aliphatic rings. The maximum absolute atomic E-state index is 12.7. The van der Waals surface area contributed by atoms with Crippen molar-refractivity contribution in [3.63, 3.8) is 0 Å². The number of hydrogen-bond acceptors (Lipinski definition) is 5. The summed E-state index contributed by atoms with van der Waals surface area (Å²) in [4.78, 5) is 24.7. The maximum Gasteiger partial charge on any atom is 0.251 e. The van der Waals surface area contributed by atoms with Gasteiger partial charge in [-0.2, -0.15) is 0 Å². The Morgan fingerprint density at radius 3 is 2.43 bits per heavy atom. The first-order chi connectivity index (χ1) is 13.5. The van der Waals surface area contributed by atoms with Crippen LogP contribution in [0, 0.1) is 11.8 Å². The average molecular weight is 388 g/mol. The zero-order chi connectivity index (χ0) is 19.7. The van der Waals surface area contributed by atoms with Gasteiger partial charge in [0.15, 0.2) is 0 Å². The van der Waals surface area contributed by atoms with Gasteiger partial charge in [0.25, 0.3) is 5.91 Å². The first kappa shape index (κ1) is 19.2. The molecule has 2 amide bonds. The number of amides is 2. The van der Waals surface area contributed by atoms with Gasteiger partial charge in [0.05, 0.1) is 31.9 Å². The Balaban J connectivity index is 1.33. The van der Waals surface area contributed by atoms with E-state index in [-0.39, 0.29) is 42.0 Å². The van der Waals surface area contributed by atoms with Crippen molar-refractivity contribution in [3.8, 4) is 5.75 Å². The normalized spacial score (nSPS) is 28.8. The van der Waals surface area contributed by atoms with E-state index in [1.54, 1.807) is 12.1 Å². The lowest BCUT2D eigenvalue weighted by Crippen LogP contribution is -2.47. The summed E-state index contributed by atoms with van der Waals surface area (Å²) < 4.78 is 17.4. The Bertz CT molecular complexity index is 733. The van der Waals surface area contributed by atoms with Crippen LogP contribution in [0.25, 0.3) is 0 Å².